The van der Waals surface area contributed by atoms with Crippen molar-refractivity contribution in [3.05, 3.63) is 41.2 Å². The van der Waals surface area contributed by atoms with Crippen LogP contribution in [0.15, 0.2) is 24.4 Å². The SMILES string of the molecule is COc1ccc(C(C)NC(=O)c2cn(C)nc2C)cc1OC. The third kappa shape index (κ3) is 3.21. The van der Waals surface area contributed by atoms with Crippen LogP contribution in [0, 0.1) is 6.92 Å². The fraction of sp³-hybridized carbons (Fsp3) is 0.375. The molecule has 0 aliphatic heterocycles. The molecule has 1 N–H and O–H groups in total. The lowest BCUT2D eigenvalue weighted by atomic mass is 10.1. The summed E-state index contributed by atoms with van der Waals surface area (Å²) in [6.07, 6.45) is 1.71. The van der Waals surface area contributed by atoms with Gasteiger partial charge in [-0.15, -0.1) is 0 Å². The van der Waals surface area contributed by atoms with Crippen molar-refractivity contribution in [1.29, 1.82) is 0 Å². The lowest BCUT2D eigenvalue weighted by Gasteiger charge is -2.16. The molecule has 1 aromatic carbocycles. The van der Waals surface area contributed by atoms with Crippen molar-refractivity contribution in [3.8, 4) is 11.5 Å². The van der Waals surface area contributed by atoms with Gasteiger partial charge in [0.2, 0.25) is 0 Å². The quantitative estimate of drug-likeness (QED) is 0.920. The molecule has 0 saturated carbocycles. The molecule has 0 saturated heterocycles. The zero-order chi connectivity index (χ0) is 16.3. The van der Waals surface area contributed by atoms with Crippen molar-refractivity contribution in [2.45, 2.75) is 19.9 Å². The highest BCUT2D eigenvalue weighted by Crippen LogP contribution is 2.29. The van der Waals surface area contributed by atoms with Crippen molar-refractivity contribution in [2.24, 2.45) is 7.05 Å². The lowest BCUT2D eigenvalue weighted by Crippen LogP contribution is -2.26. The molecule has 0 aliphatic rings. The minimum Gasteiger partial charge on any atom is -0.493 e. The zero-order valence-corrected chi connectivity index (χ0v) is 13.5. The number of aryl methyl sites for hydroxylation is 2. The van der Waals surface area contributed by atoms with Gasteiger partial charge in [0.05, 0.1) is 31.5 Å². The Bertz CT molecular complexity index is 679. The molecule has 0 spiro atoms. The Balaban J connectivity index is 2.16. The molecule has 1 atom stereocenters. The molecule has 0 aliphatic carbocycles. The summed E-state index contributed by atoms with van der Waals surface area (Å²) in [4.78, 5) is 12.3. The maximum absolute atomic E-state index is 12.3. The fourth-order valence-electron chi connectivity index (χ4n) is 2.30. The van der Waals surface area contributed by atoms with Crippen LogP contribution >= 0.6 is 0 Å². The first-order chi connectivity index (χ1) is 10.5. The first kappa shape index (κ1) is 15.9. The number of rotatable bonds is 5. The highest BCUT2D eigenvalue weighted by Gasteiger charge is 2.17. The minimum atomic E-state index is -0.160. The molecule has 6 nitrogen and oxygen atoms in total. The van der Waals surface area contributed by atoms with E-state index in [9.17, 15) is 4.79 Å². The number of carbonyl (C=O) groups is 1. The number of methoxy groups -OCH3 is 2. The molecular formula is C16H21N3O3. The van der Waals surface area contributed by atoms with E-state index in [1.807, 2.05) is 32.0 Å². The second-order valence-electron chi connectivity index (χ2n) is 5.11. The summed E-state index contributed by atoms with van der Waals surface area (Å²) in [5.41, 5.74) is 2.22. The Morgan fingerprint density at radius 2 is 1.95 bits per heavy atom. The molecule has 0 bridgehead atoms. The molecule has 1 unspecified atom stereocenters. The summed E-state index contributed by atoms with van der Waals surface area (Å²) < 4.78 is 12.1. The number of benzene rings is 1. The molecular weight excluding hydrogens is 282 g/mol. The number of ether oxygens (including phenoxy) is 2. The smallest absolute Gasteiger partial charge is 0.255 e. The van der Waals surface area contributed by atoms with E-state index in [1.54, 1.807) is 32.1 Å². The van der Waals surface area contributed by atoms with Crippen LogP contribution in [0.2, 0.25) is 0 Å². The Morgan fingerprint density at radius 3 is 2.50 bits per heavy atom. The normalized spacial score (nSPS) is 11.9. The number of nitrogens with zero attached hydrogens (tertiary/aromatic N) is 2. The van der Waals surface area contributed by atoms with E-state index in [-0.39, 0.29) is 11.9 Å². The number of carbonyl (C=O) groups excluding carboxylic acids is 1. The van der Waals surface area contributed by atoms with Gasteiger partial charge in [-0.2, -0.15) is 5.10 Å². The van der Waals surface area contributed by atoms with Crippen LogP contribution in [0.4, 0.5) is 0 Å². The number of aromatic nitrogens is 2. The summed E-state index contributed by atoms with van der Waals surface area (Å²) in [6.45, 7) is 3.74. The van der Waals surface area contributed by atoms with Gasteiger partial charge in [-0.3, -0.25) is 9.48 Å². The molecule has 1 aromatic heterocycles. The zero-order valence-electron chi connectivity index (χ0n) is 13.5. The molecule has 1 amide bonds. The first-order valence-corrected chi connectivity index (χ1v) is 6.99. The number of amides is 1. The third-order valence-corrected chi connectivity index (χ3v) is 3.51. The minimum absolute atomic E-state index is 0.145. The molecule has 2 rings (SSSR count). The van der Waals surface area contributed by atoms with E-state index in [4.69, 9.17) is 9.47 Å². The van der Waals surface area contributed by atoms with E-state index in [0.29, 0.717) is 22.8 Å². The van der Waals surface area contributed by atoms with Crippen LogP contribution < -0.4 is 14.8 Å². The van der Waals surface area contributed by atoms with E-state index >= 15 is 0 Å². The standard InChI is InChI=1S/C16H21N3O3/c1-10(12-6-7-14(21-4)15(8-12)22-5)17-16(20)13-9-19(3)18-11(13)2/h6-10H,1-5H3,(H,17,20). The summed E-state index contributed by atoms with van der Waals surface area (Å²) in [6, 6.07) is 5.43. The summed E-state index contributed by atoms with van der Waals surface area (Å²) in [7, 11) is 4.97. The van der Waals surface area contributed by atoms with Crippen molar-refractivity contribution < 1.29 is 14.3 Å². The van der Waals surface area contributed by atoms with Gasteiger partial charge in [-0.1, -0.05) is 6.07 Å². The van der Waals surface area contributed by atoms with Crippen LogP contribution in [-0.4, -0.2) is 29.9 Å². The van der Waals surface area contributed by atoms with Gasteiger partial charge in [-0.05, 0) is 31.5 Å². The molecule has 0 fully saturated rings. The third-order valence-electron chi connectivity index (χ3n) is 3.51. The Labute approximate surface area is 130 Å². The van der Waals surface area contributed by atoms with E-state index in [1.165, 1.54) is 0 Å². The van der Waals surface area contributed by atoms with Gasteiger partial charge in [-0.25, -0.2) is 0 Å². The van der Waals surface area contributed by atoms with Crippen molar-refractivity contribution in [3.63, 3.8) is 0 Å². The highest BCUT2D eigenvalue weighted by molar-refractivity contribution is 5.95. The van der Waals surface area contributed by atoms with Crippen LogP contribution in [-0.2, 0) is 7.05 Å². The number of hydrogen-bond donors (Lipinski definition) is 1. The number of hydrogen-bond acceptors (Lipinski definition) is 4. The second kappa shape index (κ2) is 6.51. The molecule has 1 heterocycles. The van der Waals surface area contributed by atoms with E-state index in [0.717, 1.165) is 5.56 Å². The van der Waals surface area contributed by atoms with Crippen molar-refractivity contribution in [2.75, 3.05) is 14.2 Å². The van der Waals surface area contributed by atoms with Crippen LogP contribution in [0.3, 0.4) is 0 Å². The van der Waals surface area contributed by atoms with Gasteiger partial charge in [0.15, 0.2) is 11.5 Å². The highest BCUT2D eigenvalue weighted by atomic mass is 16.5. The maximum Gasteiger partial charge on any atom is 0.255 e. The van der Waals surface area contributed by atoms with Crippen LogP contribution in [0.1, 0.15) is 34.6 Å². The van der Waals surface area contributed by atoms with Gasteiger partial charge >= 0.3 is 0 Å². The average molecular weight is 303 g/mol. The molecule has 118 valence electrons. The Hall–Kier alpha value is -2.50. The Morgan fingerprint density at radius 1 is 1.27 bits per heavy atom. The molecule has 2 aromatic rings. The molecule has 22 heavy (non-hydrogen) atoms. The molecule has 0 radical (unpaired) electrons. The summed E-state index contributed by atoms with van der Waals surface area (Å²) in [5.74, 6) is 1.15. The van der Waals surface area contributed by atoms with E-state index < -0.39 is 0 Å². The summed E-state index contributed by atoms with van der Waals surface area (Å²) >= 11 is 0. The second-order valence-corrected chi connectivity index (χ2v) is 5.11. The van der Waals surface area contributed by atoms with E-state index in [2.05, 4.69) is 10.4 Å². The van der Waals surface area contributed by atoms with Gasteiger partial charge in [0.1, 0.15) is 0 Å². The summed E-state index contributed by atoms with van der Waals surface area (Å²) in [5, 5.41) is 7.15. The van der Waals surface area contributed by atoms with Gasteiger partial charge in [0, 0.05) is 13.2 Å². The first-order valence-electron chi connectivity index (χ1n) is 6.99. The lowest BCUT2D eigenvalue weighted by molar-refractivity contribution is 0.0939. The Kier molecular flexibility index (Phi) is 4.70. The fourth-order valence-corrected chi connectivity index (χ4v) is 2.30. The average Bonchev–Trinajstić information content (AvgIpc) is 2.85. The predicted octanol–water partition coefficient (Wildman–Crippen LogP) is 2.24. The van der Waals surface area contributed by atoms with Crippen LogP contribution in [0.25, 0.3) is 0 Å². The maximum atomic E-state index is 12.3. The monoisotopic (exact) mass is 303 g/mol. The van der Waals surface area contributed by atoms with Crippen molar-refractivity contribution >= 4 is 5.91 Å². The van der Waals surface area contributed by atoms with Gasteiger partial charge in [0.25, 0.3) is 5.91 Å². The number of nitrogens with one attached hydrogen (secondary N) is 1. The van der Waals surface area contributed by atoms with Crippen molar-refractivity contribution in [1.82, 2.24) is 15.1 Å². The van der Waals surface area contributed by atoms with Gasteiger partial charge < -0.3 is 14.8 Å². The molecule has 6 heteroatoms. The predicted molar refractivity (Wildman–Crippen MR) is 83.4 cm³/mol. The topological polar surface area (TPSA) is 65.4 Å². The van der Waals surface area contributed by atoms with Crippen LogP contribution in [0.5, 0.6) is 11.5 Å². The largest absolute Gasteiger partial charge is 0.493 e.